The topological polar surface area (TPSA) is 56.2 Å². The lowest BCUT2D eigenvalue weighted by atomic mass is 10.2. The highest BCUT2D eigenvalue weighted by Crippen LogP contribution is 2.17. The van der Waals surface area contributed by atoms with Crippen molar-refractivity contribution in [3.63, 3.8) is 0 Å². The number of amides is 1. The van der Waals surface area contributed by atoms with E-state index < -0.39 is 0 Å². The van der Waals surface area contributed by atoms with Crippen LogP contribution in [0.1, 0.15) is 31.2 Å². The normalized spacial score (nSPS) is 10.9. The highest BCUT2D eigenvalue weighted by molar-refractivity contribution is 5.76. The third kappa shape index (κ3) is 4.88. The summed E-state index contributed by atoms with van der Waals surface area (Å²) in [4.78, 5) is 16.7. The van der Waals surface area contributed by atoms with E-state index >= 15 is 0 Å². The number of fused-ring (bicyclic) bond motifs is 1. The third-order valence-corrected chi connectivity index (χ3v) is 4.62. The smallest absolute Gasteiger partial charge is 0.220 e. The molecule has 1 N–H and O–H groups in total. The van der Waals surface area contributed by atoms with Gasteiger partial charge in [-0.1, -0.05) is 30.3 Å². The number of ether oxygens (including phenoxy) is 1. The summed E-state index contributed by atoms with van der Waals surface area (Å²) in [7, 11) is 0. The van der Waals surface area contributed by atoms with Gasteiger partial charge < -0.3 is 14.6 Å². The molecular weight excluding hydrogens is 338 g/mol. The number of imidazole rings is 1. The molecule has 5 heteroatoms. The number of hydrogen-bond acceptors (Lipinski definition) is 3. The molecule has 3 rings (SSSR count). The van der Waals surface area contributed by atoms with E-state index in [1.165, 1.54) is 0 Å². The van der Waals surface area contributed by atoms with Crippen LogP contribution in [0.4, 0.5) is 0 Å². The van der Waals surface area contributed by atoms with Gasteiger partial charge in [-0.25, -0.2) is 4.98 Å². The molecule has 1 aromatic heterocycles. The van der Waals surface area contributed by atoms with Crippen molar-refractivity contribution >= 4 is 16.9 Å². The van der Waals surface area contributed by atoms with Crippen molar-refractivity contribution < 1.29 is 9.53 Å². The van der Waals surface area contributed by atoms with E-state index in [-0.39, 0.29) is 5.91 Å². The lowest BCUT2D eigenvalue weighted by molar-refractivity contribution is -0.121. The molecule has 3 aromatic rings. The maximum absolute atomic E-state index is 12.0. The fourth-order valence-electron chi connectivity index (χ4n) is 3.20. The minimum atomic E-state index is 0.0579. The Labute approximate surface area is 160 Å². The maximum atomic E-state index is 12.0. The van der Waals surface area contributed by atoms with Crippen LogP contribution in [-0.4, -0.2) is 28.6 Å². The van der Waals surface area contributed by atoms with Gasteiger partial charge in [0, 0.05) is 25.9 Å². The van der Waals surface area contributed by atoms with Crippen LogP contribution in [0.5, 0.6) is 5.75 Å². The fourth-order valence-corrected chi connectivity index (χ4v) is 3.20. The van der Waals surface area contributed by atoms with E-state index in [9.17, 15) is 4.79 Å². The SMILES string of the molecule is CCn1c(CCNC(=O)CCCOc2ccccc2C)nc2ccccc21. The van der Waals surface area contributed by atoms with Gasteiger partial charge in [-0.2, -0.15) is 0 Å². The van der Waals surface area contributed by atoms with E-state index in [0.717, 1.165) is 41.1 Å². The molecule has 0 spiro atoms. The summed E-state index contributed by atoms with van der Waals surface area (Å²) in [6.07, 6.45) is 1.90. The molecule has 0 bridgehead atoms. The average Bonchev–Trinajstić information content (AvgIpc) is 3.04. The summed E-state index contributed by atoms with van der Waals surface area (Å²) >= 11 is 0. The number of hydrogen-bond donors (Lipinski definition) is 1. The number of aromatic nitrogens is 2. The molecule has 0 fully saturated rings. The van der Waals surface area contributed by atoms with Crippen molar-refractivity contribution in [2.24, 2.45) is 0 Å². The van der Waals surface area contributed by atoms with Crippen LogP contribution in [0.2, 0.25) is 0 Å². The Kier molecular flexibility index (Phi) is 6.47. The second kappa shape index (κ2) is 9.21. The van der Waals surface area contributed by atoms with Crippen LogP contribution in [0.25, 0.3) is 11.0 Å². The lowest BCUT2D eigenvalue weighted by Gasteiger charge is -2.09. The molecule has 0 saturated heterocycles. The summed E-state index contributed by atoms with van der Waals surface area (Å²) in [6.45, 7) is 6.15. The highest BCUT2D eigenvalue weighted by Gasteiger charge is 2.09. The molecule has 1 heterocycles. The molecule has 0 aliphatic heterocycles. The second-order valence-corrected chi connectivity index (χ2v) is 6.58. The average molecular weight is 365 g/mol. The molecule has 0 atom stereocenters. The number of benzene rings is 2. The Bertz CT molecular complexity index is 901. The monoisotopic (exact) mass is 365 g/mol. The Balaban J connectivity index is 1.40. The van der Waals surface area contributed by atoms with Crippen molar-refractivity contribution in [1.29, 1.82) is 0 Å². The first-order valence-electron chi connectivity index (χ1n) is 9.58. The van der Waals surface area contributed by atoms with Gasteiger partial charge in [-0.3, -0.25) is 4.79 Å². The van der Waals surface area contributed by atoms with Crippen LogP contribution in [0.3, 0.4) is 0 Å². The molecule has 0 aliphatic rings. The molecule has 5 nitrogen and oxygen atoms in total. The van der Waals surface area contributed by atoms with E-state index in [0.29, 0.717) is 26.0 Å². The molecule has 1 amide bonds. The summed E-state index contributed by atoms with van der Waals surface area (Å²) in [6, 6.07) is 16.1. The molecule has 0 saturated carbocycles. The first-order valence-corrected chi connectivity index (χ1v) is 9.58. The molecule has 0 unspecified atom stereocenters. The van der Waals surface area contributed by atoms with Crippen molar-refractivity contribution in [2.45, 2.75) is 39.7 Å². The Morgan fingerprint density at radius 1 is 1.15 bits per heavy atom. The van der Waals surface area contributed by atoms with Gasteiger partial charge in [-0.05, 0) is 44.0 Å². The Morgan fingerprint density at radius 3 is 2.74 bits per heavy atom. The zero-order chi connectivity index (χ0) is 19.1. The third-order valence-electron chi connectivity index (χ3n) is 4.62. The Hall–Kier alpha value is -2.82. The molecular formula is C22H27N3O2. The molecule has 0 aliphatic carbocycles. The fraction of sp³-hybridized carbons (Fsp3) is 0.364. The van der Waals surface area contributed by atoms with Gasteiger partial charge in [0.15, 0.2) is 0 Å². The molecule has 27 heavy (non-hydrogen) atoms. The number of aryl methyl sites for hydroxylation is 2. The number of nitrogens with one attached hydrogen (secondary N) is 1. The van der Waals surface area contributed by atoms with Gasteiger partial charge in [0.1, 0.15) is 11.6 Å². The summed E-state index contributed by atoms with van der Waals surface area (Å²) in [5.74, 6) is 1.96. The van der Waals surface area contributed by atoms with Crippen LogP contribution in [0, 0.1) is 6.92 Å². The van der Waals surface area contributed by atoms with Crippen LogP contribution in [-0.2, 0) is 17.8 Å². The van der Waals surface area contributed by atoms with Gasteiger partial charge in [-0.15, -0.1) is 0 Å². The van der Waals surface area contributed by atoms with Gasteiger partial charge >= 0.3 is 0 Å². The first kappa shape index (κ1) is 19.0. The van der Waals surface area contributed by atoms with Gasteiger partial charge in [0.2, 0.25) is 5.91 Å². The predicted molar refractivity (Wildman–Crippen MR) is 108 cm³/mol. The standard InChI is InChI=1S/C22H27N3O2/c1-3-25-19-11-6-5-10-18(19)24-21(25)14-15-23-22(26)13-8-16-27-20-12-7-4-9-17(20)2/h4-7,9-12H,3,8,13-16H2,1-2H3,(H,23,26). The minimum absolute atomic E-state index is 0.0579. The number of nitrogens with zero attached hydrogens (tertiary/aromatic N) is 2. The largest absolute Gasteiger partial charge is 0.493 e. The summed E-state index contributed by atoms with van der Waals surface area (Å²) in [5, 5.41) is 2.99. The van der Waals surface area contributed by atoms with Crippen LogP contribution < -0.4 is 10.1 Å². The number of carbonyl (C=O) groups excluding carboxylic acids is 1. The number of para-hydroxylation sites is 3. The van der Waals surface area contributed by atoms with Gasteiger partial charge in [0.05, 0.1) is 17.6 Å². The highest BCUT2D eigenvalue weighted by atomic mass is 16.5. The van der Waals surface area contributed by atoms with E-state index in [1.54, 1.807) is 0 Å². The van der Waals surface area contributed by atoms with Crippen LogP contribution in [0.15, 0.2) is 48.5 Å². The maximum Gasteiger partial charge on any atom is 0.220 e. The van der Waals surface area contributed by atoms with E-state index in [4.69, 9.17) is 4.74 Å². The second-order valence-electron chi connectivity index (χ2n) is 6.58. The first-order chi connectivity index (χ1) is 13.2. The van der Waals surface area contributed by atoms with Crippen molar-refractivity contribution in [3.8, 4) is 5.75 Å². The molecule has 0 radical (unpaired) electrons. The zero-order valence-corrected chi connectivity index (χ0v) is 16.1. The van der Waals surface area contributed by atoms with Crippen LogP contribution >= 0.6 is 0 Å². The summed E-state index contributed by atoms with van der Waals surface area (Å²) < 4.78 is 7.94. The van der Waals surface area contributed by atoms with Crippen molar-refractivity contribution in [2.75, 3.05) is 13.2 Å². The molecule has 142 valence electrons. The quantitative estimate of drug-likeness (QED) is 0.586. The lowest BCUT2D eigenvalue weighted by Crippen LogP contribution is -2.26. The Morgan fingerprint density at radius 2 is 1.93 bits per heavy atom. The van der Waals surface area contributed by atoms with Gasteiger partial charge in [0.25, 0.3) is 0 Å². The predicted octanol–water partition coefficient (Wildman–Crippen LogP) is 3.88. The zero-order valence-electron chi connectivity index (χ0n) is 16.1. The summed E-state index contributed by atoms with van der Waals surface area (Å²) in [5.41, 5.74) is 3.27. The number of rotatable bonds is 9. The minimum Gasteiger partial charge on any atom is -0.493 e. The number of carbonyl (C=O) groups is 1. The van der Waals surface area contributed by atoms with E-state index in [1.807, 2.05) is 49.4 Å². The van der Waals surface area contributed by atoms with Crippen molar-refractivity contribution in [3.05, 3.63) is 59.9 Å². The van der Waals surface area contributed by atoms with Crippen molar-refractivity contribution in [1.82, 2.24) is 14.9 Å². The van der Waals surface area contributed by atoms with E-state index in [2.05, 4.69) is 27.9 Å². The molecule has 2 aromatic carbocycles.